The number of nitrogens with zero attached hydrogens (tertiary/aromatic N) is 4. The lowest BCUT2D eigenvalue weighted by Crippen LogP contribution is -2.05. The van der Waals surface area contributed by atoms with E-state index in [4.69, 9.17) is 11.6 Å². The second-order valence-electron chi connectivity index (χ2n) is 4.19. The zero-order valence-electron chi connectivity index (χ0n) is 10.7. The van der Waals surface area contributed by atoms with Gasteiger partial charge < -0.3 is 5.32 Å². The second-order valence-corrected chi connectivity index (χ2v) is 5.54. The van der Waals surface area contributed by atoms with Gasteiger partial charge in [0.15, 0.2) is 0 Å². The lowest BCUT2D eigenvalue weighted by Gasteiger charge is -2.12. The van der Waals surface area contributed by atoms with Gasteiger partial charge in [0.05, 0.1) is 28.5 Å². The van der Waals surface area contributed by atoms with Crippen molar-refractivity contribution in [3.8, 4) is 5.69 Å². The lowest BCUT2D eigenvalue weighted by atomic mass is 10.2. The molecule has 0 amide bonds. The molecule has 0 aliphatic rings. The molecule has 2 heterocycles. The van der Waals surface area contributed by atoms with Crippen molar-refractivity contribution in [1.29, 1.82) is 0 Å². The van der Waals surface area contributed by atoms with Crippen LogP contribution in [0.5, 0.6) is 0 Å². The zero-order valence-corrected chi connectivity index (χ0v) is 12.3. The van der Waals surface area contributed by atoms with Crippen LogP contribution in [0.2, 0.25) is 5.02 Å². The van der Waals surface area contributed by atoms with Gasteiger partial charge in [0, 0.05) is 4.88 Å². The highest BCUT2D eigenvalue weighted by Crippen LogP contribution is 2.28. The molecular formula is C13H12ClN5S. The molecule has 0 spiro atoms. The van der Waals surface area contributed by atoms with Gasteiger partial charge in [0.1, 0.15) is 18.3 Å². The lowest BCUT2D eigenvalue weighted by molar-refractivity contribution is 0.878. The molecule has 0 saturated heterocycles. The molecular weight excluding hydrogens is 294 g/mol. The van der Waals surface area contributed by atoms with Crippen LogP contribution in [0.25, 0.3) is 5.69 Å². The summed E-state index contributed by atoms with van der Waals surface area (Å²) in [5.74, 6) is 0. The third kappa shape index (κ3) is 2.52. The van der Waals surface area contributed by atoms with Crippen LogP contribution in [-0.2, 0) is 6.54 Å². The van der Waals surface area contributed by atoms with Gasteiger partial charge in [-0.05, 0) is 19.1 Å². The van der Waals surface area contributed by atoms with E-state index in [2.05, 4.69) is 20.4 Å². The molecule has 0 aliphatic heterocycles. The topological polar surface area (TPSA) is 55.6 Å². The average molecular weight is 306 g/mol. The maximum absolute atomic E-state index is 6.27. The second kappa shape index (κ2) is 5.60. The molecule has 2 aromatic heterocycles. The van der Waals surface area contributed by atoms with Crippen molar-refractivity contribution in [2.24, 2.45) is 0 Å². The van der Waals surface area contributed by atoms with Crippen LogP contribution < -0.4 is 5.32 Å². The molecule has 0 atom stereocenters. The van der Waals surface area contributed by atoms with Gasteiger partial charge in [-0.2, -0.15) is 5.10 Å². The summed E-state index contributed by atoms with van der Waals surface area (Å²) in [7, 11) is 0. The van der Waals surface area contributed by atoms with Crippen molar-refractivity contribution >= 4 is 28.6 Å². The van der Waals surface area contributed by atoms with Crippen molar-refractivity contribution in [3.05, 3.63) is 52.0 Å². The SMILES string of the molecule is Cc1ncsc1CNc1cccc(Cl)c1-n1cncn1. The number of thiazole rings is 1. The zero-order chi connectivity index (χ0) is 13.9. The van der Waals surface area contributed by atoms with Gasteiger partial charge in [0.2, 0.25) is 0 Å². The van der Waals surface area contributed by atoms with E-state index in [1.165, 1.54) is 11.2 Å². The molecule has 20 heavy (non-hydrogen) atoms. The van der Waals surface area contributed by atoms with Gasteiger partial charge >= 0.3 is 0 Å². The summed E-state index contributed by atoms with van der Waals surface area (Å²) < 4.78 is 1.66. The Balaban J connectivity index is 1.90. The van der Waals surface area contributed by atoms with Gasteiger partial charge in [-0.3, -0.25) is 0 Å². The number of hydrogen-bond donors (Lipinski definition) is 1. The molecule has 5 nitrogen and oxygen atoms in total. The molecule has 1 N–H and O–H groups in total. The Morgan fingerprint density at radius 2 is 2.30 bits per heavy atom. The largest absolute Gasteiger partial charge is 0.378 e. The van der Waals surface area contributed by atoms with E-state index < -0.39 is 0 Å². The Kier molecular flexibility index (Phi) is 3.66. The fourth-order valence-corrected chi connectivity index (χ4v) is 2.86. The summed E-state index contributed by atoms with van der Waals surface area (Å²) in [4.78, 5) is 9.41. The maximum atomic E-state index is 6.27. The molecule has 0 fully saturated rings. The van der Waals surface area contributed by atoms with E-state index in [1.54, 1.807) is 22.3 Å². The summed E-state index contributed by atoms with van der Waals surface area (Å²) in [6.07, 6.45) is 3.12. The van der Waals surface area contributed by atoms with Crippen molar-refractivity contribution in [2.45, 2.75) is 13.5 Å². The fraction of sp³-hybridized carbons (Fsp3) is 0.154. The van der Waals surface area contributed by atoms with E-state index >= 15 is 0 Å². The number of halogens is 1. The number of nitrogens with one attached hydrogen (secondary N) is 1. The first kappa shape index (κ1) is 13.1. The molecule has 3 aromatic rings. The molecule has 1 aromatic carbocycles. The Hall–Kier alpha value is -1.92. The number of benzene rings is 1. The van der Waals surface area contributed by atoms with Gasteiger partial charge in [-0.25, -0.2) is 14.6 Å². The van der Waals surface area contributed by atoms with Crippen LogP contribution >= 0.6 is 22.9 Å². The highest BCUT2D eigenvalue weighted by Gasteiger charge is 2.10. The average Bonchev–Trinajstić information content (AvgIpc) is 3.08. The molecule has 0 aliphatic carbocycles. The molecule has 0 bridgehead atoms. The first-order chi connectivity index (χ1) is 9.75. The highest BCUT2D eigenvalue weighted by atomic mass is 35.5. The minimum absolute atomic E-state index is 0.626. The van der Waals surface area contributed by atoms with E-state index in [9.17, 15) is 0 Å². The first-order valence-electron chi connectivity index (χ1n) is 6.02. The number of anilines is 1. The minimum Gasteiger partial charge on any atom is -0.378 e. The van der Waals surface area contributed by atoms with Gasteiger partial charge in [0.25, 0.3) is 0 Å². The number of para-hydroxylation sites is 1. The summed E-state index contributed by atoms with van der Waals surface area (Å²) in [6.45, 7) is 2.71. The first-order valence-corrected chi connectivity index (χ1v) is 7.28. The molecule has 102 valence electrons. The van der Waals surface area contributed by atoms with Crippen molar-refractivity contribution in [3.63, 3.8) is 0 Å². The Morgan fingerprint density at radius 3 is 3.00 bits per heavy atom. The Morgan fingerprint density at radius 1 is 1.40 bits per heavy atom. The highest BCUT2D eigenvalue weighted by molar-refractivity contribution is 7.09. The van der Waals surface area contributed by atoms with Crippen LogP contribution in [0.4, 0.5) is 5.69 Å². The third-order valence-electron chi connectivity index (χ3n) is 2.92. The standard InChI is InChI=1S/C13H12ClN5S/c1-9-12(20-8-17-9)5-16-11-4-2-3-10(14)13(11)19-7-15-6-18-19/h2-4,6-8,16H,5H2,1H3. The Bertz CT molecular complexity index is 707. The molecule has 0 radical (unpaired) electrons. The number of aryl methyl sites for hydroxylation is 1. The summed E-state index contributed by atoms with van der Waals surface area (Å²) in [6, 6.07) is 5.71. The quantitative estimate of drug-likeness (QED) is 0.803. The molecule has 3 rings (SSSR count). The maximum Gasteiger partial charge on any atom is 0.138 e. The Labute approximate surface area is 125 Å². The van der Waals surface area contributed by atoms with Crippen molar-refractivity contribution < 1.29 is 0 Å². The van der Waals surface area contributed by atoms with Gasteiger partial charge in [-0.1, -0.05) is 17.7 Å². The van der Waals surface area contributed by atoms with Gasteiger partial charge in [-0.15, -0.1) is 11.3 Å². The summed E-state index contributed by atoms with van der Waals surface area (Å²) in [5.41, 5.74) is 4.61. The van der Waals surface area contributed by atoms with Crippen LogP contribution in [0.3, 0.4) is 0 Å². The van der Waals surface area contributed by atoms with E-state index in [1.807, 2.05) is 30.6 Å². The molecule has 0 unspecified atom stereocenters. The third-order valence-corrected chi connectivity index (χ3v) is 4.16. The van der Waals surface area contributed by atoms with Crippen LogP contribution in [-0.4, -0.2) is 19.7 Å². The number of rotatable bonds is 4. The summed E-state index contributed by atoms with van der Waals surface area (Å²) in [5, 5.41) is 8.15. The van der Waals surface area contributed by atoms with Crippen molar-refractivity contribution in [1.82, 2.24) is 19.7 Å². The fourth-order valence-electron chi connectivity index (χ4n) is 1.89. The smallest absolute Gasteiger partial charge is 0.138 e. The van der Waals surface area contributed by atoms with E-state index in [0.717, 1.165) is 17.1 Å². The van der Waals surface area contributed by atoms with Crippen molar-refractivity contribution in [2.75, 3.05) is 5.32 Å². The normalized spacial score (nSPS) is 10.7. The molecule has 7 heteroatoms. The summed E-state index contributed by atoms with van der Waals surface area (Å²) >= 11 is 7.91. The minimum atomic E-state index is 0.626. The predicted octanol–water partition coefficient (Wildman–Crippen LogP) is 3.30. The van der Waals surface area contributed by atoms with E-state index in [0.29, 0.717) is 11.6 Å². The number of aromatic nitrogens is 4. The monoisotopic (exact) mass is 305 g/mol. The van der Waals surface area contributed by atoms with Crippen LogP contribution in [0.15, 0.2) is 36.4 Å². The van der Waals surface area contributed by atoms with Crippen LogP contribution in [0, 0.1) is 6.92 Å². The van der Waals surface area contributed by atoms with Crippen LogP contribution in [0.1, 0.15) is 10.6 Å². The number of hydrogen-bond acceptors (Lipinski definition) is 5. The molecule has 0 saturated carbocycles. The predicted molar refractivity (Wildman–Crippen MR) is 80.5 cm³/mol. The van der Waals surface area contributed by atoms with E-state index in [-0.39, 0.29) is 0 Å².